The van der Waals surface area contributed by atoms with E-state index in [9.17, 15) is 18.5 Å². The fourth-order valence-electron chi connectivity index (χ4n) is 2.41. The van der Waals surface area contributed by atoms with Crippen LogP contribution in [0.25, 0.3) is 0 Å². The third-order valence-electron chi connectivity index (χ3n) is 3.67. The molecule has 1 amide bonds. The highest BCUT2D eigenvalue weighted by Gasteiger charge is 2.20. The van der Waals surface area contributed by atoms with Crippen molar-refractivity contribution >= 4 is 21.6 Å². The summed E-state index contributed by atoms with van der Waals surface area (Å²) in [7, 11) is -3.60. The van der Waals surface area contributed by atoms with Crippen molar-refractivity contribution < 1.29 is 17.9 Å². The maximum Gasteiger partial charge on any atom is 0.232 e. The second-order valence-corrected chi connectivity index (χ2v) is 7.63. The van der Waals surface area contributed by atoms with Crippen molar-refractivity contribution in [3.63, 3.8) is 0 Å². The van der Waals surface area contributed by atoms with Gasteiger partial charge in [0, 0.05) is 6.54 Å². The summed E-state index contributed by atoms with van der Waals surface area (Å²) >= 11 is 0. The number of para-hydroxylation sites is 2. The van der Waals surface area contributed by atoms with Crippen LogP contribution in [-0.4, -0.2) is 40.3 Å². The number of carbonyl (C=O) groups excluding carboxylic acids is 1. The zero-order valence-electron chi connectivity index (χ0n) is 15.0. The summed E-state index contributed by atoms with van der Waals surface area (Å²) in [5, 5.41) is 11.9. The molecule has 0 aromatic heterocycles. The number of nitriles is 1. The number of anilines is 1. The lowest BCUT2D eigenvalue weighted by Crippen LogP contribution is -2.38. The standard InChI is InChI=1S/C19H21N3O4S/c1-27(24,25)22(18-10-6-5-7-16(18)15-20)13-12-21-19(23)11-14-26-17-8-3-2-4-9-17/h2-10H,11-14H2,1H3,(H,21,23). The molecule has 0 saturated carbocycles. The minimum atomic E-state index is -3.60. The highest BCUT2D eigenvalue weighted by Crippen LogP contribution is 2.21. The van der Waals surface area contributed by atoms with Crippen molar-refractivity contribution in [3.05, 3.63) is 60.2 Å². The Kier molecular flexibility index (Phi) is 7.20. The molecule has 0 fully saturated rings. The zero-order chi connectivity index (χ0) is 19.7. The van der Waals surface area contributed by atoms with Crippen molar-refractivity contribution in [1.82, 2.24) is 5.32 Å². The Balaban J connectivity index is 1.87. The molecule has 142 valence electrons. The molecule has 0 aliphatic carbocycles. The van der Waals surface area contributed by atoms with E-state index in [4.69, 9.17) is 4.74 Å². The maximum absolute atomic E-state index is 12.1. The number of carbonyl (C=O) groups is 1. The van der Waals surface area contributed by atoms with Crippen LogP contribution in [0.15, 0.2) is 54.6 Å². The van der Waals surface area contributed by atoms with E-state index >= 15 is 0 Å². The first-order valence-corrected chi connectivity index (χ1v) is 10.2. The topological polar surface area (TPSA) is 99.5 Å². The fourth-order valence-corrected chi connectivity index (χ4v) is 3.35. The lowest BCUT2D eigenvalue weighted by molar-refractivity contribution is -0.121. The Hall–Kier alpha value is -3.05. The number of nitrogens with zero attached hydrogens (tertiary/aromatic N) is 2. The molecule has 7 nitrogen and oxygen atoms in total. The summed E-state index contributed by atoms with van der Waals surface area (Å²) in [6.07, 6.45) is 1.22. The van der Waals surface area contributed by atoms with Gasteiger partial charge in [0.05, 0.1) is 37.1 Å². The number of nitrogens with one attached hydrogen (secondary N) is 1. The lowest BCUT2D eigenvalue weighted by atomic mass is 10.2. The molecule has 0 unspecified atom stereocenters. The van der Waals surface area contributed by atoms with Gasteiger partial charge in [0.25, 0.3) is 0 Å². The molecule has 0 aliphatic heterocycles. The Labute approximate surface area is 159 Å². The van der Waals surface area contributed by atoms with Crippen molar-refractivity contribution in [3.8, 4) is 11.8 Å². The number of benzene rings is 2. The Morgan fingerprint density at radius 1 is 1.15 bits per heavy atom. The van der Waals surface area contributed by atoms with E-state index in [0.29, 0.717) is 11.4 Å². The third-order valence-corrected chi connectivity index (χ3v) is 4.85. The van der Waals surface area contributed by atoms with Gasteiger partial charge in [-0.2, -0.15) is 5.26 Å². The Morgan fingerprint density at radius 3 is 2.48 bits per heavy atom. The number of ether oxygens (including phenoxy) is 1. The fraction of sp³-hybridized carbons (Fsp3) is 0.263. The molecule has 8 heteroatoms. The van der Waals surface area contributed by atoms with E-state index in [0.717, 1.165) is 10.6 Å². The average Bonchev–Trinajstić information content (AvgIpc) is 2.65. The number of sulfonamides is 1. The first-order chi connectivity index (χ1) is 12.9. The minimum Gasteiger partial charge on any atom is -0.493 e. The van der Waals surface area contributed by atoms with Crippen LogP contribution in [-0.2, 0) is 14.8 Å². The van der Waals surface area contributed by atoms with Gasteiger partial charge in [0.2, 0.25) is 15.9 Å². The van der Waals surface area contributed by atoms with Gasteiger partial charge in [-0.1, -0.05) is 30.3 Å². The Bertz CT molecular complexity index is 908. The van der Waals surface area contributed by atoms with Crippen LogP contribution < -0.4 is 14.4 Å². The van der Waals surface area contributed by atoms with Crippen LogP contribution in [0.3, 0.4) is 0 Å². The van der Waals surface area contributed by atoms with E-state index < -0.39 is 10.0 Å². The first-order valence-electron chi connectivity index (χ1n) is 8.33. The molecule has 2 aromatic rings. The predicted molar refractivity (Wildman–Crippen MR) is 103 cm³/mol. The molecular weight excluding hydrogens is 366 g/mol. The maximum atomic E-state index is 12.1. The average molecular weight is 387 g/mol. The van der Waals surface area contributed by atoms with E-state index in [1.54, 1.807) is 36.4 Å². The molecule has 2 aromatic carbocycles. The second kappa shape index (κ2) is 9.59. The van der Waals surface area contributed by atoms with Crippen molar-refractivity contribution in [2.24, 2.45) is 0 Å². The zero-order valence-corrected chi connectivity index (χ0v) is 15.8. The van der Waals surface area contributed by atoms with Crippen molar-refractivity contribution in [1.29, 1.82) is 5.26 Å². The predicted octanol–water partition coefficient (Wildman–Crippen LogP) is 1.91. The van der Waals surface area contributed by atoms with E-state index in [1.807, 2.05) is 24.3 Å². The summed E-state index contributed by atoms with van der Waals surface area (Å²) in [6.45, 7) is 0.378. The monoisotopic (exact) mass is 387 g/mol. The summed E-state index contributed by atoms with van der Waals surface area (Å²) in [4.78, 5) is 11.9. The molecule has 0 spiro atoms. The second-order valence-electron chi connectivity index (χ2n) is 5.73. The number of hydrogen-bond donors (Lipinski definition) is 1. The van der Waals surface area contributed by atoms with Crippen molar-refractivity contribution in [2.75, 3.05) is 30.3 Å². The number of amides is 1. The van der Waals surface area contributed by atoms with Gasteiger partial charge in [-0.25, -0.2) is 8.42 Å². The van der Waals surface area contributed by atoms with Gasteiger partial charge in [-0.05, 0) is 24.3 Å². The summed E-state index contributed by atoms with van der Waals surface area (Å²) in [6, 6.07) is 17.6. The van der Waals surface area contributed by atoms with Crippen LogP contribution in [0, 0.1) is 11.3 Å². The van der Waals surface area contributed by atoms with E-state index in [1.165, 1.54) is 0 Å². The SMILES string of the molecule is CS(=O)(=O)N(CCNC(=O)CCOc1ccccc1)c1ccccc1C#N. The van der Waals surface area contributed by atoms with Crippen molar-refractivity contribution in [2.45, 2.75) is 6.42 Å². The molecule has 27 heavy (non-hydrogen) atoms. The van der Waals surface area contributed by atoms with Gasteiger partial charge in [-0.3, -0.25) is 9.10 Å². The molecule has 2 rings (SSSR count). The minimum absolute atomic E-state index is 0.0306. The molecule has 0 atom stereocenters. The van der Waals surface area contributed by atoms with Gasteiger partial charge < -0.3 is 10.1 Å². The molecule has 0 aliphatic rings. The highest BCUT2D eigenvalue weighted by atomic mass is 32.2. The van der Waals surface area contributed by atoms with Crippen LogP contribution in [0.5, 0.6) is 5.75 Å². The summed E-state index contributed by atoms with van der Waals surface area (Å²) in [5.41, 5.74) is 0.551. The Morgan fingerprint density at radius 2 is 1.81 bits per heavy atom. The summed E-state index contributed by atoms with van der Waals surface area (Å²) in [5.74, 6) is 0.439. The first kappa shape index (κ1) is 20.3. The number of hydrogen-bond acceptors (Lipinski definition) is 5. The lowest BCUT2D eigenvalue weighted by Gasteiger charge is -2.23. The molecule has 0 saturated heterocycles. The molecular formula is C19H21N3O4S. The van der Waals surface area contributed by atoms with Crippen LogP contribution in [0.4, 0.5) is 5.69 Å². The van der Waals surface area contributed by atoms with Gasteiger partial charge in [-0.15, -0.1) is 0 Å². The van der Waals surface area contributed by atoms with Gasteiger partial charge >= 0.3 is 0 Å². The largest absolute Gasteiger partial charge is 0.493 e. The van der Waals surface area contributed by atoms with Crippen LogP contribution in [0.2, 0.25) is 0 Å². The molecule has 0 heterocycles. The highest BCUT2D eigenvalue weighted by molar-refractivity contribution is 7.92. The quantitative estimate of drug-likeness (QED) is 0.708. The normalized spacial score (nSPS) is 10.7. The smallest absolute Gasteiger partial charge is 0.232 e. The van der Waals surface area contributed by atoms with Crippen LogP contribution in [0.1, 0.15) is 12.0 Å². The van der Waals surface area contributed by atoms with Crippen LogP contribution >= 0.6 is 0 Å². The number of rotatable bonds is 9. The summed E-state index contributed by atoms with van der Waals surface area (Å²) < 4.78 is 30.7. The third kappa shape index (κ3) is 6.31. The molecule has 1 N–H and O–H groups in total. The van der Waals surface area contributed by atoms with Gasteiger partial charge in [0.1, 0.15) is 11.8 Å². The molecule has 0 bridgehead atoms. The molecule has 0 radical (unpaired) electrons. The van der Waals surface area contributed by atoms with E-state index in [-0.39, 0.29) is 37.6 Å². The van der Waals surface area contributed by atoms with Gasteiger partial charge in [0.15, 0.2) is 0 Å². The van der Waals surface area contributed by atoms with E-state index in [2.05, 4.69) is 5.32 Å².